The van der Waals surface area contributed by atoms with Crippen molar-refractivity contribution in [2.45, 2.75) is 6.92 Å². The van der Waals surface area contributed by atoms with Crippen molar-refractivity contribution < 1.29 is 4.52 Å². The number of hydrogen-bond donors (Lipinski definition) is 2. The van der Waals surface area contributed by atoms with E-state index in [1.165, 1.54) is 0 Å². The quantitative estimate of drug-likeness (QED) is 0.573. The van der Waals surface area contributed by atoms with Crippen molar-refractivity contribution in [3.05, 3.63) is 5.82 Å². The van der Waals surface area contributed by atoms with E-state index in [1.54, 1.807) is 6.92 Å². The van der Waals surface area contributed by atoms with Gasteiger partial charge in [-0.25, -0.2) is 9.97 Å². The fraction of sp³-hybridized carbons (Fsp3) is 0.167. The van der Waals surface area contributed by atoms with E-state index in [4.69, 9.17) is 16.0 Å². The van der Waals surface area contributed by atoms with Crippen molar-refractivity contribution in [3.8, 4) is 0 Å². The molecule has 0 unspecified atom stereocenters. The van der Waals surface area contributed by atoms with Gasteiger partial charge in [-0.3, -0.25) is 0 Å². The van der Waals surface area contributed by atoms with Crippen molar-refractivity contribution in [2.75, 3.05) is 11.5 Å². The van der Waals surface area contributed by atoms with Gasteiger partial charge in [-0.1, -0.05) is 5.16 Å². The van der Waals surface area contributed by atoms with Crippen LogP contribution in [0.25, 0.3) is 11.0 Å². The van der Waals surface area contributed by atoms with E-state index in [0.717, 1.165) is 0 Å². The molecule has 0 aliphatic heterocycles. The Balaban J connectivity index is 2.93. The van der Waals surface area contributed by atoms with Gasteiger partial charge in [0.05, 0.1) is 0 Å². The SMILES string of the molecule is Cc1nc(N)c2c(N)onc2n1. The van der Waals surface area contributed by atoms with E-state index in [2.05, 4.69) is 15.1 Å². The van der Waals surface area contributed by atoms with Gasteiger partial charge in [0.15, 0.2) is 0 Å². The minimum Gasteiger partial charge on any atom is -0.383 e. The van der Waals surface area contributed by atoms with Crippen LogP contribution in [0, 0.1) is 6.92 Å². The number of hydrogen-bond acceptors (Lipinski definition) is 6. The maximum atomic E-state index is 5.57. The van der Waals surface area contributed by atoms with Crippen LogP contribution in [-0.2, 0) is 0 Å². The van der Waals surface area contributed by atoms with Crippen LogP contribution in [0.4, 0.5) is 11.7 Å². The summed E-state index contributed by atoms with van der Waals surface area (Å²) >= 11 is 0. The number of aromatic nitrogens is 3. The zero-order valence-electron chi connectivity index (χ0n) is 6.40. The highest BCUT2D eigenvalue weighted by Crippen LogP contribution is 2.22. The average molecular weight is 165 g/mol. The second-order valence-corrected chi connectivity index (χ2v) is 2.40. The molecule has 0 spiro atoms. The minimum absolute atomic E-state index is 0.155. The second kappa shape index (κ2) is 2.07. The molecule has 12 heavy (non-hydrogen) atoms. The topological polar surface area (TPSA) is 104 Å². The van der Waals surface area contributed by atoms with Crippen molar-refractivity contribution in [2.24, 2.45) is 0 Å². The van der Waals surface area contributed by atoms with Gasteiger partial charge in [0.2, 0.25) is 11.5 Å². The molecule has 0 radical (unpaired) electrons. The minimum atomic E-state index is 0.155. The first kappa shape index (κ1) is 6.84. The number of nitrogens with two attached hydrogens (primary N) is 2. The fourth-order valence-corrected chi connectivity index (χ4v) is 1.02. The van der Waals surface area contributed by atoms with Gasteiger partial charge in [0.25, 0.3) is 0 Å². The summed E-state index contributed by atoms with van der Waals surface area (Å²) in [5.74, 6) is 1.01. The Morgan fingerprint density at radius 2 is 2.00 bits per heavy atom. The Morgan fingerprint density at radius 1 is 1.25 bits per heavy atom. The predicted molar refractivity (Wildman–Crippen MR) is 43.2 cm³/mol. The molecule has 0 aliphatic carbocycles. The summed E-state index contributed by atoms with van der Waals surface area (Å²) in [6.45, 7) is 1.72. The smallest absolute Gasteiger partial charge is 0.235 e. The Hall–Kier alpha value is -1.85. The Labute approximate surface area is 67.6 Å². The molecular weight excluding hydrogens is 158 g/mol. The lowest BCUT2D eigenvalue weighted by Gasteiger charge is -1.94. The highest BCUT2D eigenvalue weighted by molar-refractivity contribution is 5.93. The third-order valence-electron chi connectivity index (χ3n) is 1.51. The maximum absolute atomic E-state index is 5.57. The summed E-state index contributed by atoms with van der Waals surface area (Å²) in [5.41, 5.74) is 11.4. The first-order valence-corrected chi connectivity index (χ1v) is 3.33. The molecule has 4 N–H and O–H groups in total. The van der Waals surface area contributed by atoms with Crippen molar-refractivity contribution in [3.63, 3.8) is 0 Å². The Kier molecular flexibility index (Phi) is 1.18. The van der Waals surface area contributed by atoms with Crippen molar-refractivity contribution >= 4 is 22.7 Å². The predicted octanol–water partition coefficient (Wildman–Crippen LogP) is 0.0906. The number of anilines is 2. The highest BCUT2D eigenvalue weighted by atomic mass is 16.5. The van der Waals surface area contributed by atoms with Gasteiger partial charge >= 0.3 is 0 Å². The first-order valence-electron chi connectivity index (χ1n) is 3.33. The molecule has 0 bridgehead atoms. The second-order valence-electron chi connectivity index (χ2n) is 2.40. The van der Waals surface area contributed by atoms with E-state index < -0.39 is 0 Å². The van der Waals surface area contributed by atoms with Crippen LogP contribution in [0.1, 0.15) is 5.82 Å². The normalized spacial score (nSPS) is 10.8. The highest BCUT2D eigenvalue weighted by Gasteiger charge is 2.10. The van der Waals surface area contributed by atoms with E-state index in [0.29, 0.717) is 22.7 Å². The van der Waals surface area contributed by atoms with Gasteiger partial charge in [-0.15, -0.1) is 0 Å². The first-order chi connectivity index (χ1) is 5.68. The van der Waals surface area contributed by atoms with Crippen LogP contribution in [0.15, 0.2) is 4.52 Å². The number of rotatable bonds is 0. The summed E-state index contributed by atoms with van der Waals surface area (Å²) in [5, 5.41) is 4.10. The standard InChI is InChI=1S/C6H7N5O/c1-2-9-4(7)3-5(8)12-11-6(3)10-2/h8H2,1H3,(H2,7,9,10,11). The average Bonchev–Trinajstić information content (AvgIpc) is 2.31. The number of nitrogens with zero attached hydrogens (tertiary/aromatic N) is 3. The summed E-state index contributed by atoms with van der Waals surface area (Å²) < 4.78 is 4.70. The Morgan fingerprint density at radius 3 is 2.75 bits per heavy atom. The molecule has 0 saturated carbocycles. The fourth-order valence-electron chi connectivity index (χ4n) is 1.02. The lowest BCUT2D eigenvalue weighted by Crippen LogP contribution is -1.97. The molecule has 0 aromatic carbocycles. The lowest BCUT2D eigenvalue weighted by molar-refractivity contribution is 0.443. The number of fused-ring (bicyclic) bond motifs is 1. The van der Waals surface area contributed by atoms with E-state index in [-0.39, 0.29) is 5.88 Å². The largest absolute Gasteiger partial charge is 0.383 e. The molecule has 2 aromatic heterocycles. The van der Waals surface area contributed by atoms with Crippen LogP contribution in [0.2, 0.25) is 0 Å². The molecular formula is C6H7N5O. The van der Waals surface area contributed by atoms with Crippen LogP contribution in [-0.4, -0.2) is 15.1 Å². The summed E-state index contributed by atoms with van der Waals surface area (Å²) in [6.07, 6.45) is 0. The molecule has 62 valence electrons. The molecule has 0 amide bonds. The van der Waals surface area contributed by atoms with Crippen LogP contribution in [0.5, 0.6) is 0 Å². The van der Waals surface area contributed by atoms with E-state index >= 15 is 0 Å². The maximum Gasteiger partial charge on any atom is 0.235 e. The van der Waals surface area contributed by atoms with E-state index in [1.807, 2.05) is 0 Å². The molecule has 2 heterocycles. The summed E-state index contributed by atoms with van der Waals surface area (Å²) in [7, 11) is 0. The molecule has 0 saturated heterocycles. The van der Waals surface area contributed by atoms with Gasteiger partial charge < -0.3 is 16.0 Å². The zero-order valence-corrected chi connectivity index (χ0v) is 6.40. The summed E-state index contributed by atoms with van der Waals surface area (Å²) in [6, 6.07) is 0. The Bertz CT molecular complexity index is 435. The van der Waals surface area contributed by atoms with E-state index in [9.17, 15) is 0 Å². The summed E-state index contributed by atoms with van der Waals surface area (Å²) in [4.78, 5) is 7.90. The molecule has 0 atom stereocenters. The van der Waals surface area contributed by atoms with Gasteiger partial charge in [0.1, 0.15) is 17.0 Å². The molecule has 2 rings (SSSR count). The zero-order chi connectivity index (χ0) is 8.72. The van der Waals surface area contributed by atoms with Crippen molar-refractivity contribution in [1.29, 1.82) is 0 Å². The number of nitrogen functional groups attached to an aromatic ring is 2. The van der Waals surface area contributed by atoms with Crippen molar-refractivity contribution in [1.82, 2.24) is 15.1 Å². The lowest BCUT2D eigenvalue weighted by atomic mass is 10.4. The third-order valence-corrected chi connectivity index (χ3v) is 1.51. The van der Waals surface area contributed by atoms with Gasteiger partial charge in [-0.2, -0.15) is 0 Å². The molecule has 6 heteroatoms. The molecule has 6 nitrogen and oxygen atoms in total. The van der Waals surface area contributed by atoms with Gasteiger partial charge in [-0.05, 0) is 6.92 Å². The molecule has 0 fully saturated rings. The molecule has 0 aliphatic rings. The van der Waals surface area contributed by atoms with Crippen LogP contribution in [0.3, 0.4) is 0 Å². The third kappa shape index (κ3) is 0.777. The van der Waals surface area contributed by atoms with Crippen LogP contribution >= 0.6 is 0 Å². The molecule has 2 aromatic rings. The van der Waals surface area contributed by atoms with Gasteiger partial charge in [0, 0.05) is 0 Å². The van der Waals surface area contributed by atoms with Crippen LogP contribution < -0.4 is 11.5 Å². The number of aryl methyl sites for hydroxylation is 1. The monoisotopic (exact) mass is 165 g/mol.